The van der Waals surface area contributed by atoms with Crippen LogP contribution in [0.2, 0.25) is 0 Å². The predicted molar refractivity (Wildman–Crippen MR) is 112 cm³/mol. The summed E-state index contributed by atoms with van der Waals surface area (Å²) in [5, 5.41) is 22.9. The van der Waals surface area contributed by atoms with Gasteiger partial charge in [0.05, 0.1) is 21.9 Å². The van der Waals surface area contributed by atoms with Crippen LogP contribution in [0.4, 0.5) is 0 Å². The van der Waals surface area contributed by atoms with Crippen LogP contribution in [0.3, 0.4) is 0 Å². The number of aliphatic hydroxyl groups is 1. The lowest BCUT2D eigenvalue weighted by Crippen LogP contribution is -2.42. The fourth-order valence-electron chi connectivity index (χ4n) is 3.04. The van der Waals surface area contributed by atoms with Gasteiger partial charge in [-0.3, -0.25) is 0 Å². The summed E-state index contributed by atoms with van der Waals surface area (Å²) in [6.07, 6.45) is 0. The number of aromatic hydroxyl groups is 1. The molecule has 0 fully saturated rings. The summed E-state index contributed by atoms with van der Waals surface area (Å²) in [5.41, 5.74) is 1.90. The fourth-order valence-corrected chi connectivity index (χ4v) is 4.30. The number of nitrogens with one attached hydrogen (secondary N) is 1. The molecule has 0 amide bonds. The van der Waals surface area contributed by atoms with E-state index in [0.29, 0.717) is 6.54 Å². The summed E-state index contributed by atoms with van der Waals surface area (Å²) >= 11 is 0. The van der Waals surface area contributed by atoms with Crippen LogP contribution in [-0.4, -0.2) is 25.2 Å². The molecule has 29 heavy (non-hydrogen) atoms. The maximum Gasteiger partial charge on any atom is 0.206 e. The minimum atomic E-state index is -3.56. The molecule has 152 valence electrons. The van der Waals surface area contributed by atoms with E-state index in [4.69, 9.17) is 0 Å². The van der Waals surface area contributed by atoms with E-state index in [9.17, 15) is 18.6 Å². The van der Waals surface area contributed by atoms with Gasteiger partial charge in [-0.25, -0.2) is 8.42 Å². The van der Waals surface area contributed by atoms with Crippen LogP contribution in [0, 0.1) is 6.92 Å². The molecule has 1 atom stereocenters. The summed E-state index contributed by atoms with van der Waals surface area (Å²) in [6.45, 7) is 4.03. The Kier molecular flexibility index (Phi) is 6.07. The van der Waals surface area contributed by atoms with Gasteiger partial charge in [0.2, 0.25) is 9.84 Å². The van der Waals surface area contributed by atoms with Crippen LogP contribution in [0.5, 0.6) is 5.75 Å². The van der Waals surface area contributed by atoms with Gasteiger partial charge in [0, 0.05) is 6.54 Å². The van der Waals surface area contributed by atoms with Crippen molar-refractivity contribution in [3.8, 4) is 5.75 Å². The standard InChI is InChI=1S/C23H25NO4S/c1-17-6-10-21(11-7-17)29(27,28)22-12-8-18(9-13-22)15-24-23(2,16-25)19-4-3-5-20(26)14-19/h3-14,24-26H,15-16H2,1-2H3. The highest BCUT2D eigenvalue weighted by Gasteiger charge is 2.25. The zero-order valence-corrected chi connectivity index (χ0v) is 17.3. The molecule has 1 unspecified atom stereocenters. The predicted octanol–water partition coefficient (Wildman–Crippen LogP) is 3.53. The quantitative estimate of drug-likeness (QED) is 0.554. The fraction of sp³-hybridized carbons (Fsp3) is 0.217. The summed E-state index contributed by atoms with van der Waals surface area (Å²) in [5.74, 6) is 0.134. The highest BCUT2D eigenvalue weighted by atomic mass is 32.2. The molecule has 0 spiro atoms. The molecule has 0 saturated carbocycles. The summed E-state index contributed by atoms with van der Waals surface area (Å²) in [7, 11) is -3.56. The Hall–Kier alpha value is -2.67. The third-order valence-electron chi connectivity index (χ3n) is 5.05. The topological polar surface area (TPSA) is 86.6 Å². The van der Waals surface area contributed by atoms with Gasteiger partial charge in [-0.2, -0.15) is 0 Å². The van der Waals surface area contributed by atoms with Gasteiger partial charge in [-0.1, -0.05) is 42.0 Å². The van der Waals surface area contributed by atoms with Crippen LogP contribution in [0.25, 0.3) is 0 Å². The molecule has 3 rings (SSSR count). The average Bonchev–Trinajstić information content (AvgIpc) is 2.72. The van der Waals surface area contributed by atoms with Gasteiger partial charge in [-0.05, 0) is 61.4 Å². The molecule has 0 radical (unpaired) electrons. The molecule has 0 heterocycles. The van der Waals surface area contributed by atoms with Crippen molar-refractivity contribution in [1.29, 1.82) is 0 Å². The van der Waals surface area contributed by atoms with E-state index >= 15 is 0 Å². The number of sulfone groups is 1. The Morgan fingerprint density at radius 1 is 0.931 bits per heavy atom. The maximum atomic E-state index is 12.8. The highest BCUT2D eigenvalue weighted by Crippen LogP contribution is 2.25. The van der Waals surface area contributed by atoms with Gasteiger partial charge >= 0.3 is 0 Å². The molecule has 0 saturated heterocycles. The van der Waals surface area contributed by atoms with Crippen LogP contribution < -0.4 is 5.32 Å². The average molecular weight is 412 g/mol. The Morgan fingerprint density at radius 2 is 1.52 bits per heavy atom. The van der Waals surface area contributed by atoms with Gasteiger partial charge in [-0.15, -0.1) is 0 Å². The second-order valence-electron chi connectivity index (χ2n) is 7.35. The van der Waals surface area contributed by atoms with Crippen molar-refractivity contribution in [2.45, 2.75) is 35.7 Å². The van der Waals surface area contributed by atoms with Gasteiger partial charge in [0.15, 0.2) is 0 Å². The molecule has 6 heteroatoms. The van der Waals surface area contributed by atoms with E-state index in [0.717, 1.165) is 16.7 Å². The van der Waals surface area contributed by atoms with Crippen molar-refractivity contribution in [3.63, 3.8) is 0 Å². The lowest BCUT2D eigenvalue weighted by Gasteiger charge is -2.29. The number of benzene rings is 3. The number of aliphatic hydroxyl groups excluding tert-OH is 1. The SMILES string of the molecule is Cc1ccc(S(=O)(=O)c2ccc(CNC(C)(CO)c3cccc(O)c3)cc2)cc1. The Labute approximate surface area is 171 Å². The largest absolute Gasteiger partial charge is 0.508 e. The minimum Gasteiger partial charge on any atom is -0.508 e. The van der Waals surface area contributed by atoms with Crippen molar-refractivity contribution in [2.75, 3.05) is 6.61 Å². The highest BCUT2D eigenvalue weighted by molar-refractivity contribution is 7.91. The number of hydrogen-bond acceptors (Lipinski definition) is 5. The lowest BCUT2D eigenvalue weighted by atomic mass is 9.92. The smallest absolute Gasteiger partial charge is 0.206 e. The van der Waals surface area contributed by atoms with Crippen molar-refractivity contribution in [2.24, 2.45) is 0 Å². The van der Waals surface area contributed by atoms with E-state index in [1.165, 1.54) is 0 Å². The molecular weight excluding hydrogens is 386 g/mol. The van der Waals surface area contributed by atoms with Crippen molar-refractivity contribution in [3.05, 3.63) is 89.5 Å². The van der Waals surface area contributed by atoms with Gasteiger partial charge < -0.3 is 15.5 Å². The number of rotatable bonds is 7. The Bertz CT molecular complexity index is 1080. The Morgan fingerprint density at radius 3 is 2.07 bits per heavy atom. The Balaban J connectivity index is 1.76. The monoisotopic (exact) mass is 411 g/mol. The van der Waals surface area contributed by atoms with E-state index in [1.807, 2.05) is 19.9 Å². The van der Waals surface area contributed by atoms with Crippen LogP contribution in [0.15, 0.2) is 82.6 Å². The van der Waals surface area contributed by atoms with Crippen molar-refractivity contribution >= 4 is 9.84 Å². The molecule has 3 aromatic rings. The van der Waals surface area contributed by atoms with E-state index in [1.54, 1.807) is 66.7 Å². The van der Waals surface area contributed by atoms with E-state index in [2.05, 4.69) is 5.32 Å². The zero-order valence-electron chi connectivity index (χ0n) is 16.5. The number of phenolic OH excluding ortho intramolecular Hbond substituents is 1. The first-order valence-electron chi connectivity index (χ1n) is 9.31. The summed E-state index contributed by atoms with van der Waals surface area (Å²) in [4.78, 5) is 0.508. The van der Waals surface area contributed by atoms with Crippen LogP contribution in [-0.2, 0) is 21.9 Å². The van der Waals surface area contributed by atoms with Gasteiger partial charge in [0.1, 0.15) is 5.75 Å². The summed E-state index contributed by atoms with van der Waals surface area (Å²) in [6, 6.07) is 20.2. The molecule has 0 aliphatic heterocycles. The first-order chi connectivity index (χ1) is 13.7. The molecule has 3 N–H and O–H groups in total. The molecule has 5 nitrogen and oxygen atoms in total. The molecule has 0 bridgehead atoms. The molecule has 0 aliphatic rings. The lowest BCUT2D eigenvalue weighted by molar-refractivity contribution is 0.173. The third kappa shape index (κ3) is 4.67. The molecular formula is C23H25NO4S. The van der Waals surface area contributed by atoms with E-state index in [-0.39, 0.29) is 22.1 Å². The first-order valence-corrected chi connectivity index (χ1v) is 10.8. The third-order valence-corrected chi connectivity index (χ3v) is 6.83. The number of phenols is 1. The van der Waals surface area contributed by atoms with Crippen molar-refractivity contribution in [1.82, 2.24) is 5.32 Å². The van der Waals surface area contributed by atoms with E-state index < -0.39 is 15.4 Å². The molecule has 0 aliphatic carbocycles. The number of hydrogen-bond donors (Lipinski definition) is 3. The normalized spacial score (nSPS) is 13.8. The summed E-state index contributed by atoms with van der Waals surface area (Å²) < 4.78 is 25.5. The zero-order chi connectivity index (χ0) is 21.1. The minimum absolute atomic E-state index is 0.134. The molecule has 0 aromatic heterocycles. The second-order valence-corrected chi connectivity index (χ2v) is 9.30. The first kappa shape index (κ1) is 21.0. The van der Waals surface area contributed by atoms with Crippen LogP contribution in [0.1, 0.15) is 23.6 Å². The second kappa shape index (κ2) is 8.37. The molecule has 3 aromatic carbocycles. The van der Waals surface area contributed by atoms with Gasteiger partial charge in [0.25, 0.3) is 0 Å². The number of aryl methyl sites for hydroxylation is 1. The van der Waals surface area contributed by atoms with Crippen LogP contribution >= 0.6 is 0 Å². The van der Waals surface area contributed by atoms with Crippen molar-refractivity contribution < 1.29 is 18.6 Å². The maximum absolute atomic E-state index is 12.8.